The van der Waals surface area contributed by atoms with E-state index >= 15 is 0 Å². The van der Waals surface area contributed by atoms with Crippen LogP contribution >= 0.6 is 0 Å². The summed E-state index contributed by atoms with van der Waals surface area (Å²) in [6.45, 7) is 7.85. The molecule has 1 N–H and O–H groups in total. The van der Waals surface area contributed by atoms with Gasteiger partial charge >= 0.3 is 0 Å². The summed E-state index contributed by atoms with van der Waals surface area (Å²) in [5.41, 5.74) is 3.61. The number of fused-ring (bicyclic) bond motifs is 1. The average Bonchev–Trinajstić information content (AvgIpc) is 3.49. The van der Waals surface area contributed by atoms with Crippen LogP contribution in [0.25, 0.3) is 0 Å². The number of ether oxygens (including phenoxy) is 4. The highest BCUT2D eigenvalue weighted by molar-refractivity contribution is 5.61. The van der Waals surface area contributed by atoms with Gasteiger partial charge in [0.1, 0.15) is 30.8 Å². The van der Waals surface area contributed by atoms with Crippen LogP contribution in [0.3, 0.4) is 0 Å². The number of nitrogens with one attached hydrogen (secondary N) is 1. The number of nitrogens with zero attached hydrogens (tertiary/aromatic N) is 4. The molecule has 2 aromatic carbocycles. The van der Waals surface area contributed by atoms with Gasteiger partial charge in [-0.05, 0) is 60.6 Å². The van der Waals surface area contributed by atoms with Crippen molar-refractivity contribution >= 4 is 5.69 Å². The zero-order chi connectivity index (χ0) is 27.7. The van der Waals surface area contributed by atoms with Crippen LogP contribution in [-0.4, -0.2) is 74.0 Å². The van der Waals surface area contributed by atoms with Crippen molar-refractivity contribution in [1.82, 2.24) is 20.1 Å². The number of aromatic nitrogens is 3. The fourth-order valence-corrected chi connectivity index (χ4v) is 5.97. The SMILES string of the molecule is COCCCN1CCOc2ccc(CO[C@H]3CN[C@@H](CC(C)Cn4cncn4)C[C@@H]3c3ccc(OC)cc3)cc21. The van der Waals surface area contributed by atoms with Crippen LogP contribution in [-0.2, 0) is 22.6 Å². The molecule has 0 radical (unpaired) electrons. The fourth-order valence-electron chi connectivity index (χ4n) is 5.97. The van der Waals surface area contributed by atoms with Gasteiger partial charge in [-0.2, -0.15) is 5.10 Å². The molecule has 0 amide bonds. The molecule has 3 aromatic rings. The monoisotopic (exact) mass is 549 g/mol. The van der Waals surface area contributed by atoms with Gasteiger partial charge in [0.2, 0.25) is 0 Å². The first kappa shape index (κ1) is 28.4. The van der Waals surface area contributed by atoms with E-state index in [9.17, 15) is 0 Å². The Hall–Kier alpha value is -3.14. The van der Waals surface area contributed by atoms with E-state index in [0.29, 0.717) is 31.1 Å². The van der Waals surface area contributed by atoms with Crippen molar-refractivity contribution in [1.29, 1.82) is 0 Å². The Morgan fingerprint density at radius 1 is 1.15 bits per heavy atom. The summed E-state index contributed by atoms with van der Waals surface area (Å²) in [5, 5.41) is 8.07. The summed E-state index contributed by atoms with van der Waals surface area (Å²) >= 11 is 0. The van der Waals surface area contributed by atoms with Gasteiger partial charge in [0.15, 0.2) is 0 Å². The van der Waals surface area contributed by atoms with Crippen molar-refractivity contribution in [2.75, 3.05) is 52.0 Å². The molecule has 1 fully saturated rings. The third-order valence-electron chi connectivity index (χ3n) is 8.01. The smallest absolute Gasteiger partial charge is 0.142 e. The maximum absolute atomic E-state index is 6.66. The number of hydrogen-bond donors (Lipinski definition) is 1. The molecule has 1 saturated heterocycles. The van der Waals surface area contributed by atoms with Crippen molar-refractivity contribution < 1.29 is 18.9 Å². The summed E-state index contributed by atoms with van der Waals surface area (Å²) in [7, 11) is 3.46. The predicted octanol–water partition coefficient (Wildman–Crippen LogP) is 4.28. The number of benzene rings is 2. The molecule has 2 aliphatic heterocycles. The number of piperidine rings is 1. The molecule has 216 valence electrons. The van der Waals surface area contributed by atoms with E-state index in [4.69, 9.17) is 18.9 Å². The first-order chi connectivity index (χ1) is 19.6. The molecule has 40 heavy (non-hydrogen) atoms. The van der Waals surface area contributed by atoms with Crippen molar-refractivity contribution in [3.63, 3.8) is 0 Å². The van der Waals surface area contributed by atoms with E-state index < -0.39 is 0 Å². The molecule has 0 bridgehead atoms. The van der Waals surface area contributed by atoms with Crippen LogP contribution in [0.1, 0.15) is 43.2 Å². The molecule has 5 rings (SSSR count). The Labute approximate surface area is 237 Å². The molecular weight excluding hydrogens is 506 g/mol. The molecule has 9 heteroatoms. The summed E-state index contributed by atoms with van der Waals surface area (Å²) in [4.78, 5) is 6.48. The van der Waals surface area contributed by atoms with Crippen LogP contribution in [0.4, 0.5) is 5.69 Å². The van der Waals surface area contributed by atoms with E-state index in [2.05, 4.69) is 69.7 Å². The molecule has 1 unspecified atom stereocenters. The van der Waals surface area contributed by atoms with Crippen molar-refractivity contribution in [2.24, 2.45) is 5.92 Å². The van der Waals surface area contributed by atoms with Crippen LogP contribution in [0.2, 0.25) is 0 Å². The zero-order valence-corrected chi connectivity index (χ0v) is 24.0. The predicted molar refractivity (Wildman–Crippen MR) is 155 cm³/mol. The van der Waals surface area contributed by atoms with E-state index in [-0.39, 0.29) is 6.10 Å². The van der Waals surface area contributed by atoms with E-state index in [1.54, 1.807) is 26.9 Å². The van der Waals surface area contributed by atoms with Crippen LogP contribution < -0.4 is 19.7 Å². The minimum absolute atomic E-state index is 0.0698. The van der Waals surface area contributed by atoms with Gasteiger partial charge in [-0.3, -0.25) is 4.68 Å². The molecule has 0 aliphatic carbocycles. The summed E-state index contributed by atoms with van der Waals surface area (Å²) in [6.07, 6.45) is 6.54. The number of methoxy groups -OCH3 is 2. The third kappa shape index (κ3) is 7.33. The lowest BCUT2D eigenvalue weighted by Crippen LogP contribution is -2.47. The van der Waals surface area contributed by atoms with Crippen molar-refractivity contribution in [3.05, 3.63) is 66.2 Å². The van der Waals surface area contributed by atoms with Crippen molar-refractivity contribution in [2.45, 2.75) is 57.4 Å². The summed E-state index contributed by atoms with van der Waals surface area (Å²) in [6, 6.07) is 15.3. The van der Waals surface area contributed by atoms with E-state index in [1.165, 1.54) is 5.56 Å². The Kier molecular flexibility index (Phi) is 9.91. The number of anilines is 1. The van der Waals surface area contributed by atoms with Gasteiger partial charge in [0.05, 0.1) is 32.1 Å². The lowest BCUT2D eigenvalue weighted by Gasteiger charge is -2.38. The summed E-state index contributed by atoms with van der Waals surface area (Å²) < 4.78 is 25.2. The van der Waals surface area contributed by atoms with Crippen LogP contribution in [0, 0.1) is 5.92 Å². The maximum atomic E-state index is 6.66. The molecule has 2 aliphatic rings. The Bertz CT molecular complexity index is 1170. The lowest BCUT2D eigenvalue weighted by atomic mass is 9.81. The second-order valence-corrected chi connectivity index (χ2v) is 11.0. The molecule has 9 nitrogen and oxygen atoms in total. The van der Waals surface area contributed by atoms with Gasteiger partial charge in [-0.1, -0.05) is 25.1 Å². The fraction of sp³-hybridized carbons (Fsp3) is 0.548. The summed E-state index contributed by atoms with van der Waals surface area (Å²) in [5.74, 6) is 2.60. The minimum Gasteiger partial charge on any atom is -0.497 e. The first-order valence-electron chi connectivity index (χ1n) is 14.4. The first-order valence-corrected chi connectivity index (χ1v) is 14.4. The highest BCUT2D eigenvalue weighted by atomic mass is 16.5. The standard InChI is InChI=1S/C31H43N5O4/c1-23(19-36-22-32-21-34-36)15-26-17-28(25-6-8-27(38-3)9-7-25)31(18-33-26)40-20-24-5-10-30-29(16-24)35(12-14-39-30)11-4-13-37-2/h5-10,16,21-23,26,28,31,33H,4,11-15,17-20H2,1-3H3/t23?,26-,28+,31-/m0/s1. The third-order valence-corrected chi connectivity index (χ3v) is 8.01. The van der Waals surface area contributed by atoms with Gasteiger partial charge in [0.25, 0.3) is 0 Å². The van der Waals surface area contributed by atoms with E-state index in [0.717, 1.165) is 74.8 Å². The molecule has 0 spiro atoms. The normalized spacial score (nSPS) is 21.5. The Balaban J connectivity index is 1.25. The highest BCUT2D eigenvalue weighted by Gasteiger charge is 2.33. The molecule has 3 heterocycles. The quantitative estimate of drug-likeness (QED) is 0.317. The topological polar surface area (TPSA) is 82.9 Å². The van der Waals surface area contributed by atoms with Gasteiger partial charge in [0, 0.05) is 45.3 Å². The average molecular weight is 550 g/mol. The number of rotatable bonds is 13. The maximum Gasteiger partial charge on any atom is 0.142 e. The van der Waals surface area contributed by atoms with Crippen molar-refractivity contribution in [3.8, 4) is 11.5 Å². The molecule has 4 atom stereocenters. The van der Waals surface area contributed by atoms with Crippen LogP contribution in [0.5, 0.6) is 11.5 Å². The molecular formula is C31H43N5O4. The Morgan fingerprint density at radius 2 is 2.02 bits per heavy atom. The highest BCUT2D eigenvalue weighted by Crippen LogP contribution is 2.35. The van der Waals surface area contributed by atoms with Gasteiger partial charge < -0.3 is 29.2 Å². The Morgan fingerprint density at radius 3 is 2.80 bits per heavy atom. The second-order valence-electron chi connectivity index (χ2n) is 11.0. The van der Waals surface area contributed by atoms with E-state index in [1.807, 2.05) is 4.68 Å². The second kappa shape index (κ2) is 14.0. The zero-order valence-electron chi connectivity index (χ0n) is 24.0. The lowest BCUT2D eigenvalue weighted by molar-refractivity contribution is 0.00102. The van der Waals surface area contributed by atoms with Crippen LogP contribution in [0.15, 0.2) is 55.1 Å². The van der Waals surface area contributed by atoms with Gasteiger partial charge in [-0.25, -0.2) is 4.98 Å². The molecule has 1 aromatic heterocycles. The molecule has 0 saturated carbocycles. The minimum atomic E-state index is 0.0698. The number of hydrogen-bond acceptors (Lipinski definition) is 8. The largest absolute Gasteiger partial charge is 0.497 e. The van der Waals surface area contributed by atoms with Gasteiger partial charge in [-0.15, -0.1) is 0 Å².